The Balaban J connectivity index is 1.36. The Hall–Kier alpha value is -3.79. The normalized spacial score (nSPS) is 14.3. The van der Waals surface area contributed by atoms with Crippen LogP contribution in [0.3, 0.4) is 0 Å². The first-order valence-corrected chi connectivity index (χ1v) is 13.6. The summed E-state index contributed by atoms with van der Waals surface area (Å²) in [5.74, 6) is 2.38. The average molecular weight is 536 g/mol. The van der Waals surface area contributed by atoms with Crippen molar-refractivity contribution in [3.05, 3.63) is 48.0 Å². The minimum absolute atomic E-state index is 0.324. The highest BCUT2D eigenvalue weighted by Crippen LogP contribution is 2.31. The third-order valence-corrected chi connectivity index (χ3v) is 7.25. The van der Waals surface area contributed by atoms with E-state index in [4.69, 9.17) is 19.8 Å². The van der Waals surface area contributed by atoms with Crippen LogP contribution in [0.5, 0.6) is 5.75 Å². The number of amides is 1. The molecule has 0 radical (unpaired) electrons. The topological polar surface area (TPSA) is 106 Å². The van der Waals surface area contributed by atoms with E-state index in [1.165, 1.54) is 16.2 Å². The van der Waals surface area contributed by atoms with Gasteiger partial charge in [-0.1, -0.05) is 18.2 Å². The fraction of sp³-hybridized carbons (Fsp3) is 0.483. The largest absolute Gasteiger partial charge is 0.496 e. The number of carboxylic acid groups (broad SMARTS) is 1. The summed E-state index contributed by atoms with van der Waals surface area (Å²) >= 11 is 0. The van der Waals surface area contributed by atoms with E-state index in [0.717, 1.165) is 67.8 Å². The van der Waals surface area contributed by atoms with Crippen molar-refractivity contribution in [1.82, 2.24) is 19.8 Å². The highest BCUT2D eigenvalue weighted by atomic mass is 16.5. The Labute approximate surface area is 231 Å². The number of hydrogen-bond donors (Lipinski definition) is 3. The average Bonchev–Trinajstić information content (AvgIpc) is 2.93. The zero-order chi connectivity index (χ0) is 27.8. The second kappa shape index (κ2) is 13.3. The Morgan fingerprint density at radius 3 is 2.56 bits per heavy atom. The second-order valence-corrected chi connectivity index (χ2v) is 10.3. The summed E-state index contributed by atoms with van der Waals surface area (Å²) in [6.45, 7) is 4.02. The molecule has 0 aliphatic carbocycles. The van der Waals surface area contributed by atoms with Gasteiger partial charge in [0.15, 0.2) is 0 Å². The van der Waals surface area contributed by atoms with E-state index in [2.05, 4.69) is 46.7 Å². The maximum atomic E-state index is 10.9. The molecule has 3 aromatic rings. The van der Waals surface area contributed by atoms with Gasteiger partial charge in [0, 0.05) is 76.5 Å². The molecule has 0 saturated carbocycles. The highest BCUT2D eigenvalue weighted by molar-refractivity contribution is 5.90. The van der Waals surface area contributed by atoms with Gasteiger partial charge in [-0.15, -0.1) is 0 Å². The fourth-order valence-corrected chi connectivity index (χ4v) is 5.01. The van der Waals surface area contributed by atoms with Gasteiger partial charge in [0.1, 0.15) is 11.6 Å². The molecule has 0 bridgehead atoms. The van der Waals surface area contributed by atoms with Crippen molar-refractivity contribution in [2.45, 2.75) is 38.3 Å². The highest BCUT2D eigenvalue weighted by Gasteiger charge is 2.23. The van der Waals surface area contributed by atoms with Crippen LogP contribution in [0.1, 0.15) is 31.2 Å². The number of fused-ring (bicyclic) bond motifs is 1. The van der Waals surface area contributed by atoms with E-state index < -0.39 is 6.09 Å². The Morgan fingerprint density at radius 2 is 1.85 bits per heavy atom. The molecule has 39 heavy (non-hydrogen) atoms. The first kappa shape index (κ1) is 28.2. The van der Waals surface area contributed by atoms with Gasteiger partial charge in [0.25, 0.3) is 0 Å². The molecule has 10 nitrogen and oxygen atoms in total. The van der Waals surface area contributed by atoms with E-state index in [0.29, 0.717) is 25.1 Å². The van der Waals surface area contributed by atoms with E-state index in [9.17, 15) is 4.79 Å². The number of methoxy groups -OCH3 is 1. The number of para-hydroxylation sites is 1. The van der Waals surface area contributed by atoms with E-state index in [1.807, 2.05) is 30.3 Å². The maximum absolute atomic E-state index is 10.9. The van der Waals surface area contributed by atoms with Crippen LogP contribution < -0.4 is 20.3 Å². The Kier molecular flexibility index (Phi) is 9.64. The van der Waals surface area contributed by atoms with Crippen molar-refractivity contribution >= 4 is 34.4 Å². The molecule has 0 spiro atoms. The summed E-state index contributed by atoms with van der Waals surface area (Å²) in [5, 5.41) is 17.0. The number of rotatable bonds is 12. The van der Waals surface area contributed by atoms with Crippen LogP contribution in [-0.4, -0.2) is 91.4 Å². The number of nitrogens with zero attached hydrogens (tertiary/aromatic N) is 5. The summed E-state index contributed by atoms with van der Waals surface area (Å²) in [5.41, 5.74) is 3.31. The summed E-state index contributed by atoms with van der Waals surface area (Å²) in [6.07, 6.45) is 2.74. The molecular weight excluding hydrogens is 494 g/mol. The van der Waals surface area contributed by atoms with Crippen molar-refractivity contribution < 1.29 is 14.6 Å². The lowest BCUT2D eigenvalue weighted by atomic mass is 10.0. The minimum atomic E-state index is -0.902. The van der Waals surface area contributed by atoms with Gasteiger partial charge in [-0.2, -0.15) is 4.98 Å². The fourth-order valence-electron chi connectivity index (χ4n) is 5.01. The van der Waals surface area contributed by atoms with Gasteiger partial charge in [0.2, 0.25) is 5.95 Å². The molecular formula is C29H41N7O3. The molecule has 1 aliphatic heterocycles. The lowest BCUT2D eigenvalue weighted by Gasteiger charge is -2.34. The monoisotopic (exact) mass is 535 g/mol. The molecule has 2 aromatic carbocycles. The number of nitrogens with one attached hydrogen (secondary N) is 2. The lowest BCUT2D eigenvalue weighted by molar-refractivity contribution is 0.155. The van der Waals surface area contributed by atoms with Crippen LogP contribution in [0.2, 0.25) is 0 Å². The van der Waals surface area contributed by atoms with Crippen molar-refractivity contribution in [2.24, 2.45) is 0 Å². The van der Waals surface area contributed by atoms with Gasteiger partial charge in [-0.25, -0.2) is 9.78 Å². The predicted molar refractivity (Wildman–Crippen MR) is 157 cm³/mol. The molecule has 210 valence electrons. The minimum Gasteiger partial charge on any atom is -0.496 e. The smallest absolute Gasteiger partial charge is 0.407 e. The number of benzene rings is 2. The van der Waals surface area contributed by atoms with Crippen LogP contribution in [0.4, 0.5) is 22.2 Å². The molecule has 0 atom stereocenters. The number of ether oxygens (including phenoxy) is 1. The van der Waals surface area contributed by atoms with E-state index in [1.54, 1.807) is 14.2 Å². The zero-order valence-corrected chi connectivity index (χ0v) is 23.5. The first-order chi connectivity index (χ1) is 18.9. The molecule has 1 fully saturated rings. The van der Waals surface area contributed by atoms with Gasteiger partial charge in [0.05, 0.1) is 12.6 Å². The number of aromatic nitrogens is 2. The summed E-state index contributed by atoms with van der Waals surface area (Å²) < 4.78 is 5.68. The molecule has 1 amide bonds. The van der Waals surface area contributed by atoms with Crippen molar-refractivity contribution in [3.63, 3.8) is 0 Å². The molecule has 1 aliphatic rings. The van der Waals surface area contributed by atoms with Gasteiger partial charge in [-0.3, -0.25) is 4.90 Å². The molecule has 2 heterocycles. The number of piperidine rings is 1. The third kappa shape index (κ3) is 7.41. The van der Waals surface area contributed by atoms with Crippen molar-refractivity contribution in [1.29, 1.82) is 0 Å². The van der Waals surface area contributed by atoms with Crippen molar-refractivity contribution in [3.8, 4) is 5.75 Å². The summed E-state index contributed by atoms with van der Waals surface area (Å²) in [7, 11) is 7.47. The van der Waals surface area contributed by atoms with Crippen LogP contribution in [0, 0.1) is 0 Å². The first-order valence-electron chi connectivity index (χ1n) is 13.6. The molecule has 0 unspecified atom stereocenters. The number of unbranched alkanes of at least 4 members (excludes halogenated alkanes) is 1. The number of anilines is 3. The maximum Gasteiger partial charge on any atom is 0.407 e. The third-order valence-electron chi connectivity index (χ3n) is 7.25. The lowest BCUT2D eigenvalue weighted by Crippen LogP contribution is -2.39. The predicted octanol–water partition coefficient (Wildman–Crippen LogP) is 4.58. The molecule has 1 saturated heterocycles. The Bertz CT molecular complexity index is 1240. The zero-order valence-electron chi connectivity index (χ0n) is 23.5. The molecule has 4 rings (SSSR count). The van der Waals surface area contributed by atoms with Gasteiger partial charge >= 0.3 is 6.09 Å². The van der Waals surface area contributed by atoms with Crippen LogP contribution >= 0.6 is 0 Å². The van der Waals surface area contributed by atoms with Crippen LogP contribution in [0.25, 0.3) is 10.9 Å². The second-order valence-electron chi connectivity index (χ2n) is 10.3. The quantitative estimate of drug-likeness (QED) is 0.287. The van der Waals surface area contributed by atoms with Gasteiger partial charge < -0.3 is 30.3 Å². The number of carbonyl (C=O) groups is 1. The molecule has 3 N–H and O–H groups in total. The van der Waals surface area contributed by atoms with Gasteiger partial charge in [-0.05, 0) is 49.9 Å². The van der Waals surface area contributed by atoms with Crippen LogP contribution in [-0.2, 0) is 6.54 Å². The molecule has 1 aromatic heterocycles. The van der Waals surface area contributed by atoms with E-state index >= 15 is 0 Å². The number of hydrogen-bond acceptors (Lipinski definition) is 8. The van der Waals surface area contributed by atoms with Crippen LogP contribution in [0.15, 0.2) is 42.5 Å². The standard InChI is InChI=1S/C29H41N7O3/c1-34(2)25-12-9-13-26(39-4)23(25)20-36-18-14-21(15-19-36)31-27-22-10-5-6-11-24(22)32-28(33-27)30-16-7-8-17-35(3)29(37)38/h5-6,9-13,21H,7-8,14-20H2,1-4H3,(H,37,38)(H2,30,31,32,33). The van der Waals surface area contributed by atoms with Crippen molar-refractivity contribution in [2.75, 3.05) is 70.0 Å². The molecule has 10 heteroatoms. The summed E-state index contributed by atoms with van der Waals surface area (Å²) in [6, 6.07) is 14.6. The Morgan fingerprint density at radius 1 is 1.08 bits per heavy atom. The van der Waals surface area contributed by atoms with E-state index in [-0.39, 0.29) is 0 Å². The number of likely N-dealkylation sites (tertiary alicyclic amines) is 1. The SMILES string of the molecule is COc1cccc(N(C)C)c1CN1CCC(Nc2nc(NCCCCN(C)C(=O)O)nc3ccccc23)CC1. The summed E-state index contributed by atoms with van der Waals surface area (Å²) in [4.78, 5) is 26.4.